The van der Waals surface area contributed by atoms with E-state index in [9.17, 15) is 13.2 Å². The summed E-state index contributed by atoms with van der Waals surface area (Å²) in [6, 6.07) is 0. The van der Waals surface area contributed by atoms with E-state index in [1.54, 1.807) is 6.20 Å². The highest BCUT2D eigenvalue weighted by Crippen LogP contribution is 2.30. The van der Waals surface area contributed by atoms with Crippen molar-refractivity contribution in [2.45, 2.75) is 25.8 Å². The molecule has 1 atom stereocenters. The van der Waals surface area contributed by atoms with Crippen molar-refractivity contribution in [1.82, 2.24) is 9.78 Å². The monoisotopic (exact) mass is 375 g/mol. The number of halogens is 1. The van der Waals surface area contributed by atoms with Crippen molar-refractivity contribution >= 4 is 31.5 Å². The molecule has 21 heavy (non-hydrogen) atoms. The fourth-order valence-corrected chi connectivity index (χ4v) is 4.86. The number of hydrogen-bond acceptors (Lipinski definition) is 5. The van der Waals surface area contributed by atoms with Gasteiger partial charge in [0.25, 0.3) is 5.56 Å². The van der Waals surface area contributed by atoms with E-state index in [0.717, 1.165) is 0 Å². The third kappa shape index (κ3) is 3.66. The van der Waals surface area contributed by atoms with Crippen molar-refractivity contribution < 1.29 is 8.42 Å². The molecule has 0 aromatic carbocycles. The zero-order valence-corrected chi connectivity index (χ0v) is 14.0. The number of hydrogen-bond donors (Lipinski definition) is 1. The van der Waals surface area contributed by atoms with Crippen molar-refractivity contribution in [3.63, 3.8) is 0 Å². The predicted molar refractivity (Wildman–Crippen MR) is 84.2 cm³/mol. The number of sulfone groups is 1. The molecule has 1 saturated heterocycles. The summed E-state index contributed by atoms with van der Waals surface area (Å²) in [5, 5.41) is 7.33. The molecule has 0 spiro atoms. The van der Waals surface area contributed by atoms with E-state index in [0.29, 0.717) is 35.6 Å². The van der Waals surface area contributed by atoms with E-state index in [4.69, 9.17) is 0 Å². The Hall–Kier alpha value is -0.890. The fraction of sp³-hybridized carbons (Fsp3) is 0.692. The fourth-order valence-electron chi connectivity index (χ4n) is 2.55. The minimum atomic E-state index is -2.86. The van der Waals surface area contributed by atoms with Gasteiger partial charge in [0.1, 0.15) is 4.47 Å². The van der Waals surface area contributed by atoms with E-state index in [-0.39, 0.29) is 23.0 Å². The number of rotatable bonds is 5. The molecule has 2 heterocycles. The van der Waals surface area contributed by atoms with Gasteiger partial charge in [-0.25, -0.2) is 13.1 Å². The molecule has 2 aliphatic rings. The van der Waals surface area contributed by atoms with Crippen LogP contribution in [0.2, 0.25) is 0 Å². The molecule has 0 radical (unpaired) electrons. The Balaban J connectivity index is 1.65. The van der Waals surface area contributed by atoms with E-state index in [2.05, 4.69) is 26.3 Å². The summed E-state index contributed by atoms with van der Waals surface area (Å²) < 4.78 is 24.8. The van der Waals surface area contributed by atoms with Gasteiger partial charge in [-0.15, -0.1) is 0 Å². The van der Waals surface area contributed by atoms with Crippen LogP contribution in [0.1, 0.15) is 19.3 Å². The molecule has 0 amide bonds. The first kappa shape index (κ1) is 15.0. The molecule has 1 aromatic rings. The van der Waals surface area contributed by atoms with Crippen LogP contribution in [0, 0.1) is 11.8 Å². The number of aromatic nitrogens is 2. The second kappa shape index (κ2) is 5.72. The van der Waals surface area contributed by atoms with E-state index in [1.807, 2.05) is 0 Å². The Bertz CT molecular complexity index is 697. The molecule has 3 rings (SSSR count). The third-order valence-corrected chi connectivity index (χ3v) is 6.62. The second-order valence-electron chi connectivity index (χ2n) is 5.95. The van der Waals surface area contributed by atoms with Gasteiger partial charge < -0.3 is 5.32 Å². The van der Waals surface area contributed by atoms with Gasteiger partial charge in [0.15, 0.2) is 9.84 Å². The van der Waals surface area contributed by atoms with Crippen LogP contribution in [-0.2, 0) is 16.4 Å². The summed E-state index contributed by atoms with van der Waals surface area (Å²) in [6.45, 7) is 1.23. The lowest BCUT2D eigenvalue weighted by Gasteiger charge is -2.13. The molecule has 1 unspecified atom stereocenters. The maximum atomic E-state index is 12.2. The lowest BCUT2D eigenvalue weighted by Crippen LogP contribution is -2.26. The van der Waals surface area contributed by atoms with Crippen LogP contribution in [0.25, 0.3) is 0 Å². The summed E-state index contributed by atoms with van der Waals surface area (Å²) in [5.41, 5.74) is 0.502. The van der Waals surface area contributed by atoms with Gasteiger partial charge in [-0.2, -0.15) is 5.10 Å². The van der Waals surface area contributed by atoms with Crippen LogP contribution < -0.4 is 10.9 Å². The smallest absolute Gasteiger partial charge is 0.283 e. The summed E-state index contributed by atoms with van der Waals surface area (Å²) in [5.74, 6) is 1.19. The molecule has 0 bridgehead atoms. The number of nitrogens with zero attached hydrogens (tertiary/aromatic N) is 2. The maximum absolute atomic E-state index is 12.2. The molecule has 116 valence electrons. The zero-order valence-electron chi connectivity index (χ0n) is 11.6. The van der Waals surface area contributed by atoms with E-state index >= 15 is 0 Å². The SMILES string of the molecule is O=c1c(Br)c(NCC2CCS(=O)(=O)C2)cnn1CC1CC1. The van der Waals surface area contributed by atoms with Crippen LogP contribution in [0.5, 0.6) is 0 Å². The first-order valence-corrected chi connectivity index (χ1v) is 9.76. The van der Waals surface area contributed by atoms with Gasteiger partial charge in [-0.05, 0) is 47.0 Å². The molecule has 1 N–H and O–H groups in total. The van der Waals surface area contributed by atoms with E-state index in [1.165, 1.54) is 17.5 Å². The van der Waals surface area contributed by atoms with Crippen LogP contribution in [0.15, 0.2) is 15.5 Å². The quantitative estimate of drug-likeness (QED) is 0.837. The van der Waals surface area contributed by atoms with Crippen LogP contribution in [-0.4, -0.2) is 36.2 Å². The van der Waals surface area contributed by atoms with Gasteiger partial charge in [0.05, 0.1) is 23.4 Å². The highest BCUT2D eigenvalue weighted by atomic mass is 79.9. The van der Waals surface area contributed by atoms with Crippen LogP contribution in [0.3, 0.4) is 0 Å². The van der Waals surface area contributed by atoms with Crippen molar-refractivity contribution in [2.24, 2.45) is 11.8 Å². The summed E-state index contributed by atoms with van der Waals surface area (Å²) in [6.07, 6.45) is 4.65. The highest BCUT2D eigenvalue weighted by Gasteiger charge is 2.28. The van der Waals surface area contributed by atoms with Crippen LogP contribution in [0.4, 0.5) is 5.69 Å². The Morgan fingerprint density at radius 3 is 2.71 bits per heavy atom. The molecule has 1 aliphatic heterocycles. The van der Waals surface area contributed by atoms with Gasteiger partial charge in [0.2, 0.25) is 0 Å². The zero-order chi connectivity index (χ0) is 15.0. The molecule has 1 saturated carbocycles. The van der Waals surface area contributed by atoms with Gasteiger partial charge in [-0.3, -0.25) is 4.79 Å². The molecule has 1 aromatic heterocycles. The topological polar surface area (TPSA) is 81.1 Å². The first-order chi connectivity index (χ1) is 9.94. The van der Waals surface area contributed by atoms with Crippen LogP contribution >= 0.6 is 15.9 Å². The minimum absolute atomic E-state index is 0.107. The summed E-state index contributed by atoms with van der Waals surface area (Å²) in [7, 11) is -2.86. The highest BCUT2D eigenvalue weighted by molar-refractivity contribution is 9.10. The van der Waals surface area contributed by atoms with Gasteiger partial charge in [-0.1, -0.05) is 0 Å². The van der Waals surface area contributed by atoms with E-state index < -0.39 is 9.84 Å². The number of nitrogens with one attached hydrogen (secondary N) is 1. The Morgan fingerprint density at radius 2 is 2.10 bits per heavy atom. The number of anilines is 1. The Morgan fingerprint density at radius 1 is 1.33 bits per heavy atom. The predicted octanol–water partition coefficient (Wildman–Crippen LogP) is 1.26. The lowest BCUT2D eigenvalue weighted by molar-refractivity contribution is 0.531. The Kier molecular flexibility index (Phi) is 4.09. The summed E-state index contributed by atoms with van der Waals surface area (Å²) >= 11 is 3.32. The van der Waals surface area contributed by atoms with Gasteiger partial charge in [0, 0.05) is 13.1 Å². The maximum Gasteiger partial charge on any atom is 0.283 e. The average Bonchev–Trinajstić information content (AvgIpc) is 3.17. The Labute approximate surface area is 132 Å². The van der Waals surface area contributed by atoms with Crippen molar-refractivity contribution in [2.75, 3.05) is 23.4 Å². The molecule has 6 nitrogen and oxygen atoms in total. The average molecular weight is 376 g/mol. The summed E-state index contributed by atoms with van der Waals surface area (Å²) in [4.78, 5) is 12.2. The minimum Gasteiger partial charge on any atom is -0.382 e. The van der Waals surface area contributed by atoms with Crippen molar-refractivity contribution in [1.29, 1.82) is 0 Å². The third-order valence-electron chi connectivity index (χ3n) is 4.02. The normalized spacial score (nSPS) is 24.1. The molecule has 2 fully saturated rings. The standard InChI is InChI=1S/C13H18BrN3O3S/c14-12-11(15-5-10-3-4-21(19,20)8-10)6-16-17(13(12)18)7-9-1-2-9/h6,9-10,15H,1-5,7-8H2. The second-order valence-corrected chi connectivity index (χ2v) is 8.97. The molecular formula is C13H18BrN3O3S. The largest absolute Gasteiger partial charge is 0.382 e. The van der Waals surface area contributed by atoms with Crippen molar-refractivity contribution in [3.05, 3.63) is 21.0 Å². The molecule has 8 heteroatoms. The van der Waals surface area contributed by atoms with Gasteiger partial charge >= 0.3 is 0 Å². The molecule has 1 aliphatic carbocycles. The molecular weight excluding hydrogens is 358 g/mol. The van der Waals surface area contributed by atoms with Crippen molar-refractivity contribution in [3.8, 4) is 0 Å². The lowest BCUT2D eigenvalue weighted by atomic mass is 10.1. The first-order valence-electron chi connectivity index (χ1n) is 7.14.